The number of furan rings is 1. The van der Waals surface area contributed by atoms with Gasteiger partial charge in [0.25, 0.3) is 5.91 Å². The molecule has 2 aromatic heterocycles. The lowest BCUT2D eigenvalue weighted by Gasteiger charge is -2.16. The third-order valence-electron chi connectivity index (χ3n) is 4.03. The van der Waals surface area contributed by atoms with Gasteiger partial charge in [-0.2, -0.15) is 0 Å². The zero-order valence-corrected chi connectivity index (χ0v) is 13.4. The molecule has 23 heavy (non-hydrogen) atoms. The van der Waals surface area contributed by atoms with E-state index in [1.807, 2.05) is 19.9 Å². The average Bonchev–Trinajstić information content (AvgIpc) is 3.08. The van der Waals surface area contributed by atoms with Gasteiger partial charge in [-0.3, -0.25) is 9.36 Å². The number of nitrogens with one attached hydrogen (secondary N) is 1. The number of hydrogen-bond acceptors (Lipinski definition) is 3. The van der Waals surface area contributed by atoms with Gasteiger partial charge in [0.2, 0.25) is 0 Å². The molecule has 0 unspecified atom stereocenters. The highest BCUT2D eigenvalue weighted by atomic mass is 16.3. The molecule has 1 N–H and O–H groups in total. The molecule has 0 bridgehead atoms. The smallest absolute Gasteiger partial charge is 0.326 e. The fraction of sp³-hybridized carbons (Fsp3) is 0.294. The molecule has 6 nitrogen and oxygen atoms in total. The molecule has 0 spiro atoms. The van der Waals surface area contributed by atoms with Crippen LogP contribution in [0.15, 0.2) is 39.7 Å². The topological polar surface area (TPSA) is 71.2 Å². The molecule has 0 radical (unpaired) electrons. The lowest BCUT2D eigenvalue weighted by atomic mass is 10.1. The summed E-state index contributed by atoms with van der Waals surface area (Å²) in [5.74, 6) is 0.660. The Morgan fingerprint density at radius 1 is 1.35 bits per heavy atom. The quantitative estimate of drug-likeness (QED) is 0.804. The van der Waals surface area contributed by atoms with Gasteiger partial charge in [-0.25, -0.2) is 4.79 Å². The number of nitrogens with zero attached hydrogens (tertiary/aromatic N) is 2. The van der Waals surface area contributed by atoms with Gasteiger partial charge >= 0.3 is 5.69 Å². The fourth-order valence-electron chi connectivity index (χ4n) is 2.67. The van der Waals surface area contributed by atoms with Crippen LogP contribution >= 0.6 is 0 Å². The Balaban J connectivity index is 1.91. The summed E-state index contributed by atoms with van der Waals surface area (Å²) in [6, 6.07) is 7.12. The van der Waals surface area contributed by atoms with Gasteiger partial charge < -0.3 is 14.3 Å². The van der Waals surface area contributed by atoms with E-state index in [1.165, 1.54) is 0 Å². The summed E-state index contributed by atoms with van der Waals surface area (Å²) in [4.78, 5) is 28.8. The molecule has 1 amide bonds. The van der Waals surface area contributed by atoms with Crippen LogP contribution in [0.5, 0.6) is 0 Å². The first-order chi connectivity index (χ1) is 11.0. The van der Waals surface area contributed by atoms with Gasteiger partial charge in [0.1, 0.15) is 5.76 Å². The molecule has 120 valence electrons. The maximum absolute atomic E-state index is 12.6. The van der Waals surface area contributed by atoms with E-state index < -0.39 is 0 Å². The van der Waals surface area contributed by atoms with E-state index in [0.717, 1.165) is 22.4 Å². The number of amides is 1. The Morgan fingerprint density at radius 3 is 2.78 bits per heavy atom. The molecule has 0 aliphatic carbocycles. The van der Waals surface area contributed by atoms with Crippen molar-refractivity contribution in [2.24, 2.45) is 0 Å². The van der Waals surface area contributed by atoms with E-state index in [1.54, 1.807) is 41.0 Å². The summed E-state index contributed by atoms with van der Waals surface area (Å²) in [6.07, 6.45) is 1.62. The van der Waals surface area contributed by atoms with Gasteiger partial charge in [-0.15, -0.1) is 0 Å². The number of benzene rings is 1. The van der Waals surface area contributed by atoms with E-state index in [4.69, 9.17) is 4.42 Å². The Hall–Kier alpha value is -2.76. The molecular formula is C17H19N3O3. The Bertz CT molecular complexity index is 917. The molecule has 1 aromatic carbocycles. The minimum atomic E-state index is -0.160. The number of aromatic amines is 1. The van der Waals surface area contributed by atoms with Crippen molar-refractivity contribution in [3.63, 3.8) is 0 Å². The SMILES string of the molecule is CCn1c(=O)[nH]c2ccc(C(=O)N(C)Cc3occc3C)cc21. The molecule has 0 saturated carbocycles. The molecule has 2 heterocycles. The summed E-state index contributed by atoms with van der Waals surface area (Å²) in [6.45, 7) is 4.80. The predicted molar refractivity (Wildman–Crippen MR) is 87.5 cm³/mol. The molecular weight excluding hydrogens is 294 g/mol. The van der Waals surface area contributed by atoms with Gasteiger partial charge in [0.05, 0.1) is 23.8 Å². The second kappa shape index (κ2) is 5.79. The van der Waals surface area contributed by atoms with Crippen molar-refractivity contribution in [2.75, 3.05) is 7.05 Å². The normalized spacial score (nSPS) is 11.1. The first-order valence-electron chi connectivity index (χ1n) is 7.52. The lowest BCUT2D eigenvalue weighted by Crippen LogP contribution is -2.26. The second-order valence-corrected chi connectivity index (χ2v) is 5.59. The number of fused-ring (bicyclic) bond motifs is 1. The van der Waals surface area contributed by atoms with Crippen LogP contribution in [-0.4, -0.2) is 27.4 Å². The van der Waals surface area contributed by atoms with Crippen molar-refractivity contribution in [2.45, 2.75) is 26.9 Å². The Labute approximate surface area is 133 Å². The van der Waals surface area contributed by atoms with E-state index in [9.17, 15) is 9.59 Å². The van der Waals surface area contributed by atoms with E-state index in [2.05, 4.69) is 4.98 Å². The van der Waals surface area contributed by atoms with Gasteiger partial charge in [0, 0.05) is 19.2 Å². The second-order valence-electron chi connectivity index (χ2n) is 5.59. The van der Waals surface area contributed by atoms with Crippen LogP contribution in [0.4, 0.5) is 0 Å². The van der Waals surface area contributed by atoms with Gasteiger partial charge in [-0.05, 0) is 43.7 Å². The third kappa shape index (κ3) is 2.67. The zero-order chi connectivity index (χ0) is 16.6. The van der Waals surface area contributed by atoms with Gasteiger partial charge in [0.15, 0.2) is 0 Å². The molecule has 3 rings (SSSR count). The number of imidazole rings is 1. The molecule has 0 atom stereocenters. The number of carbonyl (C=O) groups is 1. The zero-order valence-electron chi connectivity index (χ0n) is 13.4. The first-order valence-corrected chi connectivity index (χ1v) is 7.52. The van der Waals surface area contributed by atoms with Crippen molar-refractivity contribution >= 4 is 16.9 Å². The van der Waals surface area contributed by atoms with Crippen LogP contribution in [0.2, 0.25) is 0 Å². The van der Waals surface area contributed by atoms with Crippen LogP contribution in [0.25, 0.3) is 11.0 Å². The minimum absolute atomic E-state index is 0.112. The number of aryl methyl sites for hydroxylation is 2. The number of carbonyl (C=O) groups excluding carboxylic acids is 1. The molecule has 0 fully saturated rings. The average molecular weight is 313 g/mol. The summed E-state index contributed by atoms with van der Waals surface area (Å²) < 4.78 is 7.00. The Morgan fingerprint density at radius 2 is 2.13 bits per heavy atom. The maximum atomic E-state index is 12.6. The lowest BCUT2D eigenvalue weighted by molar-refractivity contribution is 0.0775. The standard InChI is InChI=1S/C17H19N3O3/c1-4-20-14-9-12(5-6-13(14)18-17(20)22)16(21)19(3)10-15-11(2)7-8-23-15/h5-9H,4,10H2,1-3H3,(H,18,22). The highest BCUT2D eigenvalue weighted by Crippen LogP contribution is 2.17. The van der Waals surface area contributed by atoms with Crippen molar-refractivity contribution in [3.8, 4) is 0 Å². The van der Waals surface area contributed by atoms with Crippen molar-refractivity contribution in [1.29, 1.82) is 0 Å². The van der Waals surface area contributed by atoms with Crippen LogP contribution in [0, 0.1) is 6.92 Å². The number of rotatable bonds is 4. The van der Waals surface area contributed by atoms with E-state index in [-0.39, 0.29) is 11.6 Å². The monoisotopic (exact) mass is 313 g/mol. The summed E-state index contributed by atoms with van der Waals surface area (Å²) in [5, 5.41) is 0. The summed E-state index contributed by atoms with van der Waals surface area (Å²) in [7, 11) is 1.73. The van der Waals surface area contributed by atoms with Crippen LogP contribution < -0.4 is 5.69 Å². The van der Waals surface area contributed by atoms with Crippen molar-refractivity contribution in [3.05, 3.63) is 57.9 Å². The first kappa shape index (κ1) is 15.1. The molecule has 0 aliphatic heterocycles. The highest BCUT2D eigenvalue weighted by Gasteiger charge is 2.16. The number of H-pyrrole nitrogens is 1. The Kier molecular flexibility index (Phi) is 3.82. The van der Waals surface area contributed by atoms with Crippen LogP contribution in [0.3, 0.4) is 0 Å². The molecule has 0 aliphatic rings. The summed E-state index contributed by atoms with van der Waals surface area (Å²) in [5.41, 5.74) is 2.88. The summed E-state index contributed by atoms with van der Waals surface area (Å²) >= 11 is 0. The van der Waals surface area contributed by atoms with Crippen molar-refractivity contribution in [1.82, 2.24) is 14.5 Å². The van der Waals surface area contributed by atoms with Gasteiger partial charge in [-0.1, -0.05) is 0 Å². The molecule has 0 saturated heterocycles. The highest BCUT2D eigenvalue weighted by molar-refractivity contribution is 5.97. The van der Waals surface area contributed by atoms with Crippen LogP contribution in [-0.2, 0) is 13.1 Å². The van der Waals surface area contributed by atoms with Crippen LogP contribution in [0.1, 0.15) is 28.6 Å². The fourth-order valence-corrected chi connectivity index (χ4v) is 2.67. The predicted octanol–water partition coefficient (Wildman–Crippen LogP) is 2.52. The molecule has 3 aromatic rings. The number of aromatic nitrogens is 2. The van der Waals surface area contributed by atoms with E-state index >= 15 is 0 Å². The van der Waals surface area contributed by atoms with Crippen molar-refractivity contribution < 1.29 is 9.21 Å². The van der Waals surface area contributed by atoms with E-state index in [0.29, 0.717) is 18.7 Å². The minimum Gasteiger partial charge on any atom is -0.467 e. The third-order valence-corrected chi connectivity index (χ3v) is 4.03. The maximum Gasteiger partial charge on any atom is 0.326 e. The largest absolute Gasteiger partial charge is 0.467 e. The molecule has 6 heteroatoms. The number of hydrogen-bond donors (Lipinski definition) is 1.